The number of nitriles is 1. The molecule has 0 amide bonds. The number of hydrogen-bond donors (Lipinski definition) is 1. The van der Waals surface area contributed by atoms with E-state index in [1.54, 1.807) is 6.07 Å². The summed E-state index contributed by atoms with van der Waals surface area (Å²) in [4.78, 5) is 12.4. The molecule has 2 atom stereocenters. The number of ether oxygens (including phenoxy) is 1. The third-order valence-corrected chi connectivity index (χ3v) is 3.51. The Hall–Kier alpha value is -3.01. The number of nitrogens with zero attached hydrogens (tertiary/aromatic N) is 1. The Morgan fingerprint density at radius 3 is 2.40 bits per heavy atom. The van der Waals surface area contributed by atoms with Crippen molar-refractivity contribution < 1.29 is 27.8 Å². The minimum Gasteiger partial charge on any atom is -0.508 e. The average Bonchev–Trinajstić information content (AvgIpc) is 2.57. The Labute approximate surface area is 142 Å². The Kier molecular flexibility index (Phi) is 5.32. The van der Waals surface area contributed by atoms with E-state index >= 15 is 0 Å². The summed E-state index contributed by atoms with van der Waals surface area (Å²) in [5.74, 6) is -1.73. The molecule has 0 aliphatic rings. The first-order valence-corrected chi connectivity index (χ1v) is 7.28. The average molecular weight is 349 g/mol. The van der Waals surface area contributed by atoms with E-state index in [-0.39, 0.29) is 11.3 Å². The maximum atomic E-state index is 12.8. The maximum Gasteiger partial charge on any atom is 0.416 e. The SMILES string of the molecule is CC(Oc1ccc(O)cc1)C(=O)C(C#N)c1cccc(C(F)(F)F)c1. The number of Topliss-reactive ketones (excluding diaryl/α,β-unsaturated/α-hetero) is 1. The summed E-state index contributed by atoms with van der Waals surface area (Å²) in [5, 5.41) is 18.5. The van der Waals surface area contributed by atoms with Gasteiger partial charge < -0.3 is 9.84 Å². The van der Waals surface area contributed by atoms with Crippen LogP contribution < -0.4 is 4.74 Å². The Morgan fingerprint density at radius 1 is 1.20 bits per heavy atom. The summed E-state index contributed by atoms with van der Waals surface area (Å²) in [6.45, 7) is 1.41. The van der Waals surface area contributed by atoms with Crippen LogP contribution in [0, 0.1) is 11.3 Å². The van der Waals surface area contributed by atoms with E-state index in [1.165, 1.54) is 37.3 Å². The molecule has 1 N–H and O–H groups in total. The van der Waals surface area contributed by atoms with Crippen LogP contribution >= 0.6 is 0 Å². The fourth-order valence-corrected chi connectivity index (χ4v) is 2.22. The summed E-state index contributed by atoms with van der Waals surface area (Å²) in [6.07, 6.45) is -5.61. The van der Waals surface area contributed by atoms with Crippen LogP contribution in [0.15, 0.2) is 48.5 Å². The Balaban J connectivity index is 2.21. The van der Waals surface area contributed by atoms with Gasteiger partial charge in [0.2, 0.25) is 0 Å². The summed E-state index contributed by atoms with van der Waals surface area (Å²) in [7, 11) is 0. The van der Waals surface area contributed by atoms with Gasteiger partial charge in [0.25, 0.3) is 0 Å². The second kappa shape index (κ2) is 7.26. The maximum absolute atomic E-state index is 12.8. The molecule has 2 rings (SSSR count). The van der Waals surface area contributed by atoms with Crippen LogP contribution in [0.5, 0.6) is 11.5 Å². The van der Waals surface area contributed by atoms with E-state index in [0.717, 1.165) is 18.2 Å². The van der Waals surface area contributed by atoms with Crippen LogP contribution in [0.25, 0.3) is 0 Å². The van der Waals surface area contributed by atoms with Crippen LogP contribution in [0.2, 0.25) is 0 Å². The molecule has 25 heavy (non-hydrogen) atoms. The topological polar surface area (TPSA) is 70.3 Å². The second-order valence-electron chi connectivity index (χ2n) is 5.34. The smallest absolute Gasteiger partial charge is 0.416 e. The molecule has 0 aromatic heterocycles. The molecule has 4 nitrogen and oxygen atoms in total. The summed E-state index contributed by atoms with van der Waals surface area (Å²) >= 11 is 0. The molecule has 0 heterocycles. The lowest BCUT2D eigenvalue weighted by Crippen LogP contribution is -2.29. The highest BCUT2D eigenvalue weighted by Gasteiger charge is 2.33. The first-order valence-electron chi connectivity index (χ1n) is 7.28. The largest absolute Gasteiger partial charge is 0.508 e. The molecular formula is C18H14F3NO3. The zero-order valence-corrected chi connectivity index (χ0v) is 13.1. The first-order chi connectivity index (χ1) is 11.7. The summed E-state index contributed by atoms with van der Waals surface area (Å²) in [5.41, 5.74) is -0.964. The standard InChI is InChI=1S/C18H14F3NO3/c1-11(25-15-7-5-14(23)6-8-15)17(24)16(10-22)12-3-2-4-13(9-12)18(19,20)21/h2-9,11,16,23H,1H3. The number of halogens is 3. The number of ketones is 1. The van der Waals surface area contributed by atoms with Crippen molar-refractivity contribution in [3.63, 3.8) is 0 Å². The minimum absolute atomic E-state index is 0.0187. The molecule has 0 aliphatic heterocycles. The van der Waals surface area contributed by atoms with Gasteiger partial charge in [0, 0.05) is 0 Å². The van der Waals surface area contributed by atoms with Crippen molar-refractivity contribution in [2.24, 2.45) is 0 Å². The van der Waals surface area contributed by atoms with Gasteiger partial charge in [-0.15, -0.1) is 0 Å². The summed E-state index contributed by atoms with van der Waals surface area (Å²) in [6, 6.07) is 11.4. The zero-order valence-electron chi connectivity index (χ0n) is 13.1. The molecule has 0 bridgehead atoms. The van der Waals surface area contributed by atoms with E-state index < -0.39 is 29.5 Å². The van der Waals surface area contributed by atoms with E-state index in [0.29, 0.717) is 5.75 Å². The minimum atomic E-state index is -4.56. The highest BCUT2D eigenvalue weighted by atomic mass is 19.4. The molecule has 0 aliphatic carbocycles. The van der Waals surface area contributed by atoms with Crippen LogP contribution in [-0.4, -0.2) is 17.0 Å². The quantitative estimate of drug-likeness (QED) is 0.884. The van der Waals surface area contributed by atoms with Gasteiger partial charge >= 0.3 is 6.18 Å². The van der Waals surface area contributed by atoms with Crippen molar-refractivity contribution >= 4 is 5.78 Å². The van der Waals surface area contributed by atoms with Crippen LogP contribution in [-0.2, 0) is 11.0 Å². The van der Waals surface area contributed by atoms with Gasteiger partial charge in [-0.3, -0.25) is 4.79 Å². The first kappa shape index (κ1) is 18.3. The highest BCUT2D eigenvalue weighted by molar-refractivity contribution is 5.92. The third kappa shape index (κ3) is 4.51. The molecular weight excluding hydrogens is 335 g/mol. The molecule has 0 fully saturated rings. The number of hydrogen-bond acceptors (Lipinski definition) is 4. The van der Waals surface area contributed by atoms with Crippen molar-refractivity contribution in [3.8, 4) is 17.6 Å². The monoisotopic (exact) mass is 349 g/mol. The molecule has 2 aromatic rings. The highest BCUT2D eigenvalue weighted by Crippen LogP contribution is 2.31. The summed E-state index contributed by atoms with van der Waals surface area (Å²) < 4.78 is 43.8. The normalized spacial score (nSPS) is 13.6. The predicted octanol–water partition coefficient (Wildman–Crippen LogP) is 4.05. The van der Waals surface area contributed by atoms with E-state index in [2.05, 4.69) is 0 Å². The molecule has 2 unspecified atom stereocenters. The number of alkyl halides is 3. The lowest BCUT2D eigenvalue weighted by molar-refractivity contribution is -0.137. The zero-order chi connectivity index (χ0) is 18.6. The fourth-order valence-electron chi connectivity index (χ4n) is 2.22. The van der Waals surface area contributed by atoms with E-state index in [1.807, 2.05) is 0 Å². The number of phenolic OH excluding ortho intramolecular Hbond substituents is 1. The molecule has 130 valence electrons. The van der Waals surface area contributed by atoms with Crippen molar-refractivity contribution in [1.29, 1.82) is 5.26 Å². The van der Waals surface area contributed by atoms with Crippen molar-refractivity contribution in [2.45, 2.75) is 25.1 Å². The second-order valence-corrected chi connectivity index (χ2v) is 5.34. The Morgan fingerprint density at radius 2 is 1.84 bits per heavy atom. The van der Waals surface area contributed by atoms with Gasteiger partial charge in [-0.05, 0) is 42.8 Å². The van der Waals surface area contributed by atoms with Crippen LogP contribution in [0.4, 0.5) is 13.2 Å². The van der Waals surface area contributed by atoms with Gasteiger partial charge in [-0.1, -0.05) is 18.2 Å². The van der Waals surface area contributed by atoms with Crippen LogP contribution in [0.1, 0.15) is 24.0 Å². The van der Waals surface area contributed by atoms with Gasteiger partial charge in [-0.2, -0.15) is 18.4 Å². The molecule has 2 aromatic carbocycles. The van der Waals surface area contributed by atoms with Crippen molar-refractivity contribution in [3.05, 3.63) is 59.7 Å². The van der Waals surface area contributed by atoms with Crippen molar-refractivity contribution in [1.82, 2.24) is 0 Å². The number of carbonyl (C=O) groups excluding carboxylic acids is 1. The van der Waals surface area contributed by atoms with E-state index in [4.69, 9.17) is 4.74 Å². The molecule has 0 spiro atoms. The molecule has 7 heteroatoms. The van der Waals surface area contributed by atoms with E-state index in [9.17, 15) is 28.3 Å². The molecule has 0 saturated heterocycles. The van der Waals surface area contributed by atoms with Gasteiger partial charge in [-0.25, -0.2) is 0 Å². The lowest BCUT2D eigenvalue weighted by atomic mass is 9.92. The predicted molar refractivity (Wildman–Crippen MR) is 83.0 cm³/mol. The van der Waals surface area contributed by atoms with Gasteiger partial charge in [0.15, 0.2) is 11.9 Å². The number of phenols is 1. The van der Waals surface area contributed by atoms with Gasteiger partial charge in [0.1, 0.15) is 17.4 Å². The molecule has 0 radical (unpaired) electrons. The fraction of sp³-hybridized carbons (Fsp3) is 0.222. The Bertz CT molecular complexity index is 794. The number of aromatic hydroxyl groups is 1. The third-order valence-electron chi connectivity index (χ3n) is 3.51. The number of benzene rings is 2. The molecule has 0 saturated carbocycles. The number of rotatable bonds is 5. The lowest BCUT2D eigenvalue weighted by Gasteiger charge is -2.17. The van der Waals surface area contributed by atoms with Crippen molar-refractivity contribution in [2.75, 3.05) is 0 Å². The van der Waals surface area contributed by atoms with Gasteiger partial charge in [0.05, 0.1) is 11.6 Å². The van der Waals surface area contributed by atoms with Crippen LogP contribution in [0.3, 0.4) is 0 Å². The number of carbonyl (C=O) groups is 1.